The summed E-state index contributed by atoms with van der Waals surface area (Å²) in [5.41, 5.74) is 1.34. The van der Waals surface area contributed by atoms with Crippen molar-refractivity contribution in [3.63, 3.8) is 0 Å². The lowest BCUT2D eigenvalue weighted by Crippen LogP contribution is -2.39. The fourth-order valence-electron chi connectivity index (χ4n) is 2.56. The van der Waals surface area contributed by atoms with Crippen molar-refractivity contribution in [1.29, 1.82) is 0 Å². The van der Waals surface area contributed by atoms with Gasteiger partial charge < -0.3 is 10.6 Å². The van der Waals surface area contributed by atoms with E-state index in [1.807, 2.05) is 30.5 Å². The minimum absolute atomic E-state index is 0.347. The zero-order chi connectivity index (χ0) is 13.1. The lowest BCUT2D eigenvalue weighted by atomic mass is 9.81. The van der Waals surface area contributed by atoms with Crippen molar-refractivity contribution < 1.29 is 0 Å². The van der Waals surface area contributed by atoms with Gasteiger partial charge in [-0.15, -0.1) is 0 Å². The molecule has 0 atom stereocenters. The second kappa shape index (κ2) is 5.13. The van der Waals surface area contributed by atoms with E-state index in [9.17, 15) is 0 Å². The molecule has 0 radical (unpaired) electrons. The molecule has 19 heavy (non-hydrogen) atoms. The molecule has 100 valence electrons. The highest BCUT2D eigenvalue weighted by Crippen LogP contribution is 2.27. The van der Waals surface area contributed by atoms with Crippen LogP contribution in [0.5, 0.6) is 0 Å². The summed E-state index contributed by atoms with van der Waals surface area (Å²) in [5.74, 6) is 0.735. The van der Waals surface area contributed by atoms with E-state index >= 15 is 0 Å². The van der Waals surface area contributed by atoms with E-state index in [-0.39, 0.29) is 0 Å². The zero-order valence-electron chi connectivity index (χ0n) is 11.3. The summed E-state index contributed by atoms with van der Waals surface area (Å²) in [5, 5.41) is 7.88. The molecule has 0 bridgehead atoms. The van der Waals surface area contributed by atoms with Crippen LogP contribution in [0.1, 0.15) is 19.8 Å². The molecule has 4 heteroatoms. The number of nitrogens with one attached hydrogen (secondary N) is 2. The molecular formula is C15H20N4. The first-order chi connectivity index (χ1) is 9.25. The number of para-hydroxylation sites is 1. The molecule has 1 aliphatic rings. The molecule has 3 rings (SSSR count). The van der Waals surface area contributed by atoms with Crippen LogP contribution in [0.2, 0.25) is 0 Å². The number of hydrogen-bond acceptors (Lipinski definition) is 4. The first kappa shape index (κ1) is 12.4. The van der Waals surface area contributed by atoms with Gasteiger partial charge in [-0.2, -0.15) is 0 Å². The molecule has 2 heterocycles. The average Bonchev–Trinajstić information content (AvgIpc) is 2.46. The largest absolute Gasteiger partial charge is 0.354 e. The van der Waals surface area contributed by atoms with Crippen molar-refractivity contribution in [3.8, 4) is 0 Å². The Hall–Kier alpha value is -1.68. The monoisotopic (exact) mass is 256 g/mol. The normalized spacial score (nSPS) is 18.4. The Morgan fingerprint density at radius 1 is 1.26 bits per heavy atom. The number of aromatic nitrogens is 2. The Morgan fingerprint density at radius 2 is 2.05 bits per heavy atom. The van der Waals surface area contributed by atoms with Crippen molar-refractivity contribution in [2.75, 3.05) is 25.0 Å². The van der Waals surface area contributed by atoms with E-state index < -0.39 is 0 Å². The molecule has 0 saturated carbocycles. The van der Waals surface area contributed by atoms with Gasteiger partial charge in [-0.3, -0.25) is 0 Å². The van der Waals surface area contributed by atoms with Crippen LogP contribution in [0.3, 0.4) is 0 Å². The van der Waals surface area contributed by atoms with Crippen molar-refractivity contribution in [1.82, 2.24) is 15.3 Å². The van der Waals surface area contributed by atoms with Crippen LogP contribution in [0.4, 0.5) is 5.95 Å². The van der Waals surface area contributed by atoms with Crippen molar-refractivity contribution in [2.24, 2.45) is 5.41 Å². The van der Waals surface area contributed by atoms with Gasteiger partial charge in [0, 0.05) is 18.1 Å². The minimum Gasteiger partial charge on any atom is -0.354 e. The molecule has 0 aliphatic carbocycles. The lowest BCUT2D eigenvalue weighted by molar-refractivity contribution is 0.247. The van der Waals surface area contributed by atoms with Gasteiger partial charge in [0.25, 0.3) is 0 Å². The summed E-state index contributed by atoms with van der Waals surface area (Å²) in [4.78, 5) is 8.94. The second-order valence-corrected chi connectivity index (χ2v) is 5.67. The van der Waals surface area contributed by atoms with E-state index in [2.05, 4.69) is 27.5 Å². The first-order valence-corrected chi connectivity index (χ1v) is 6.92. The van der Waals surface area contributed by atoms with E-state index in [0.717, 1.165) is 36.5 Å². The SMILES string of the molecule is CC1(CNc2ncc3ccccc3n2)CCNCC1. The smallest absolute Gasteiger partial charge is 0.223 e. The quantitative estimate of drug-likeness (QED) is 0.885. The van der Waals surface area contributed by atoms with Gasteiger partial charge >= 0.3 is 0 Å². The van der Waals surface area contributed by atoms with Crippen LogP contribution in [0, 0.1) is 5.41 Å². The van der Waals surface area contributed by atoms with Crippen LogP contribution in [-0.4, -0.2) is 29.6 Å². The van der Waals surface area contributed by atoms with Crippen molar-refractivity contribution >= 4 is 16.9 Å². The van der Waals surface area contributed by atoms with Crippen LogP contribution in [0.15, 0.2) is 30.5 Å². The molecule has 0 amide bonds. The predicted molar refractivity (Wildman–Crippen MR) is 78.2 cm³/mol. The molecule has 1 aromatic carbocycles. The molecule has 2 N–H and O–H groups in total. The highest BCUT2D eigenvalue weighted by atomic mass is 15.1. The number of nitrogens with zero attached hydrogens (tertiary/aromatic N) is 2. The van der Waals surface area contributed by atoms with Crippen molar-refractivity contribution in [3.05, 3.63) is 30.5 Å². The topological polar surface area (TPSA) is 49.8 Å². The number of rotatable bonds is 3. The highest BCUT2D eigenvalue weighted by molar-refractivity contribution is 5.78. The number of anilines is 1. The maximum Gasteiger partial charge on any atom is 0.223 e. The molecule has 4 nitrogen and oxygen atoms in total. The Bertz CT molecular complexity index is 561. The zero-order valence-corrected chi connectivity index (χ0v) is 11.3. The summed E-state index contributed by atoms with van der Waals surface area (Å²) in [7, 11) is 0. The van der Waals surface area contributed by atoms with Gasteiger partial charge in [0.2, 0.25) is 5.95 Å². The molecule has 1 aliphatic heterocycles. The fourth-order valence-corrected chi connectivity index (χ4v) is 2.56. The maximum absolute atomic E-state index is 4.55. The maximum atomic E-state index is 4.55. The average molecular weight is 256 g/mol. The summed E-state index contributed by atoms with van der Waals surface area (Å²) in [6.07, 6.45) is 4.29. The summed E-state index contributed by atoms with van der Waals surface area (Å²) >= 11 is 0. The number of piperidine rings is 1. The first-order valence-electron chi connectivity index (χ1n) is 6.92. The Balaban J connectivity index is 1.71. The third-order valence-corrected chi connectivity index (χ3v) is 3.97. The summed E-state index contributed by atoms with van der Waals surface area (Å²) in [6, 6.07) is 8.07. The Kier molecular flexibility index (Phi) is 3.34. The van der Waals surface area contributed by atoms with Gasteiger partial charge in [-0.05, 0) is 37.4 Å². The van der Waals surface area contributed by atoms with Crippen LogP contribution >= 0.6 is 0 Å². The van der Waals surface area contributed by atoms with Gasteiger partial charge in [0.15, 0.2) is 0 Å². The lowest BCUT2D eigenvalue weighted by Gasteiger charge is -2.34. The highest BCUT2D eigenvalue weighted by Gasteiger charge is 2.26. The molecular weight excluding hydrogens is 236 g/mol. The molecule has 1 saturated heterocycles. The van der Waals surface area contributed by atoms with E-state index in [4.69, 9.17) is 0 Å². The third-order valence-electron chi connectivity index (χ3n) is 3.97. The second-order valence-electron chi connectivity index (χ2n) is 5.67. The molecule has 2 aromatic rings. The Morgan fingerprint density at radius 3 is 2.89 bits per heavy atom. The fraction of sp³-hybridized carbons (Fsp3) is 0.467. The van der Waals surface area contributed by atoms with Gasteiger partial charge in [-0.25, -0.2) is 9.97 Å². The van der Waals surface area contributed by atoms with Crippen LogP contribution in [-0.2, 0) is 0 Å². The van der Waals surface area contributed by atoms with Crippen LogP contribution < -0.4 is 10.6 Å². The molecule has 0 unspecified atom stereocenters. The molecule has 0 spiro atoms. The molecule has 1 fully saturated rings. The standard InChI is InChI=1S/C15H20N4/c1-15(6-8-16-9-7-15)11-18-14-17-10-12-4-2-3-5-13(12)19-14/h2-5,10,16H,6-9,11H2,1H3,(H,17,18,19). The van der Waals surface area contributed by atoms with Gasteiger partial charge in [0.1, 0.15) is 0 Å². The van der Waals surface area contributed by atoms with Crippen LogP contribution in [0.25, 0.3) is 10.9 Å². The number of hydrogen-bond donors (Lipinski definition) is 2. The summed E-state index contributed by atoms with van der Waals surface area (Å²) in [6.45, 7) is 5.49. The van der Waals surface area contributed by atoms with Gasteiger partial charge in [-0.1, -0.05) is 25.1 Å². The van der Waals surface area contributed by atoms with Crippen molar-refractivity contribution in [2.45, 2.75) is 19.8 Å². The van der Waals surface area contributed by atoms with E-state index in [1.165, 1.54) is 12.8 Å². The van der Waals surface area contributed by atoms with Gasteiger partial charge in [0.05, 0.1) is 5.52 Å². The summed E-state index contributed by atoms with van der Waals surface area (Å²) < 4.78 is 0. The number of benzene rings is 1. The van der Waals surface area contributed by atoms with E-state index in [1.54, 1.807) is 0 Å². The predicted octanol–water partition coefficient (Wildman–Crippen LogP) is 2.43. The molecule has 1 aromatic heterocycles. The van der Waals surface area contributed by atoms with E-state index in [0.29, 0.717) is 5.41 Å². The third kappa shape index (κ3) is 2.84. The number of fused-ring (bicyclic) bond motifs is 1. The minimum atomic E-state index is 0.347. The Labute approximate surface area is 113 Å².